The highest BCUT2D eigenvalue weighted by Crippen LogP contribution is 2.29. The Kier molecular flexibility index (Phi) is 2.51. The van der Waals surface area contributed by atoms with Gasteiger partial charge in [-0.15, -0.1) is 11.3 Å². The summed E-state index contributed by atoms with van der Waals surface area (Å²) in [4.78, 5) is 0.985. The van der Waals surface area contributed by atoms with E-state index >= 15 is 0 Å². The number of aliphatic hydroxyl groups excluding tert-OH is 1. The maximum atomic E-state index is 12.8. The predicted molar refractivity (Wildman–Crippen MR) is 45.7 cm³/mol. The Morgan fingerprint density at radius 1 is 1.67 bits per heavy atom. The Balaban J connectivity index is 3.04. The van der Waals surface area contributed by atoms with Crippen LogP contribution in [0.2, 0.25) is 0 Å². The SMILES string of the molecule is Cc1sc(C(C)(O)CO)cc1F. The van der Waals surface area contributed by atoms with Crippen LogP contribution in [0, 0.1) is 12.7 Å². The number of halogens is 1. The summed E-state index contributed by atoms with van der Waals surface area (Å²) in [5.74, 6) is -0.330. The molecule has 0 aromatic carbocycles. The molecular weight excluding hydrogens is 179 g/mol. The molecule has 2 N–H and O–H groups in total. The third-order valence-electron chi connectivity index (χ3n) is 1.70. The summed E-state index contributed by atoms with van der Waals surface area (Å²) in [5.41, 5.74) is -1.32. The first-order chi connectivity index (χ1) is 5.47. The van der Waals surface area contributed by atoms with Crippen LogP contribution in [0.4, 0.5) is 4.39 Å². The zero-order chi connectivity index (χ0) is 9.35. The lowest BCUT2D eigenvalue weighted by atomic mass is 10.1. The minimum atomic E-state index is -1.32. The summed E-state index contributed by atoms with van der Waals surface area (Å²) in [7, 11) is 0. The molecule has 0 aliphatic heterocycles. The third-order valence-corrected chi connectivity index (χ3v) is 2.97. The molecular formula is C8H11FO2S. The molecule has 1 rings (SSSR count). The third kappa shape index (κ3) is 1.65. The van der Waals surface area contributed by atoms with Crippen molar-refractivity contribution in [2.24, 2.45) is 0 Å². The van der Waals surface area contributed by atoms with Crippen LogP contribution < -0.4 is 0 Å². The van der Waals surface area contributed by atoms with Crippen LogP contribution in [0.3, 0.4) is 0 Å². The van der Waals surface area contributed by atoms with Crippen LogP contribution in [0.1, 0.15) is 16.7 Å². The van der Waals surface area contributed by atoms with Gasteiger partial charge in [0.05, 0.1) is 6.61 Å². The molecule has 0 bridgehead atoms. The predicted octanol–water partition coefficient (Wildman–Crippen LogP) is 1.40. The number of thiophene rings is 1. The maximum Gasteiger partial charge on any atom is 0.137 e. The van der Waals surface area contributed by atoms with Gasteiger partial charge in [-0.05, 0) is 19.9 Å². The van der Waals surface area contributed by atoms with Gasteiger partial charge in [0, 0.05) is 9.75 Å². The van der Waals surface area contributed by atoms with Crippen molar-refractivity contribution in [2.75, 3.05) is 6.61 Å². The van der Waals surface area contributed by atoms with E-state index < -0.39 is 12.2 Å². The molecule has 0 saturated carbocycles. The van der Waals surface area contributed by atoms with Crippen molar-refractivity contribution in [1.29, 1.82) is 0 Å². The van der Waals surface area contributed by atoms with E-state index in [0.717, 1.165) is 11.3 Å². The van der Waals surface area contributed by atoms with Crippen molar-refractivity contribution in [2.45, 2.75) is 19.4 Å². The molecule has 68 valence electrons. The van der Waals surface area contributed by atoms with Gasteiger partial charge in [0.1, 0.15) is 11.4 Å². The summed E-state index contributed by atoms with van der Waals surface area (Å²) in [6.07, 6.45) is 0. The number of aliphatic hydroxyl groups is 2. The van der Waals surface area contributed by atoms with Crippen LogP contribution in [0.5, 0.6) is 0 Å². The molecule has 0 spiro atoms. The zero-order valence-corrected chi connectivity index (χ0v) is 7.78. The minimum absolute atomic E-state index is 0.330. The van der Waals surface area contributed by atoms with Gasteiger partial charge in [0.25, 0.3) is 0 Å². The normalized spacial score (nSPS) is 16.1. The molecule has 0 aliphatic rings. The van der Waals surface area contributed by atoms with Gasteiger partial charge in [0.15, 0.2) is 0 Å². The number of hydrogen-bond donors (Lipinski definition) is 2. The maximum absolute atomic E-state index is 12.8. The van der Waals surface area contributed by atoms with Crippen LogP contribution in [0.15, 0.2) is 6.07 Å². The van der Waals surface area contributed by atoms with Crippen LogP contribution in [-0.2, 0) is 5.60 Å². The lowest BCUT2D eigenvalue weighted by Gasteiger charge is -2.17. The Bertz CT molecular complexity index is 261. The fraction of sp³-hybridized carbons (Fsp3) is 0.500. The molecule has 12 heavy (non-hydrogen) atoms. The Hall–Kier alpha value is -0.450. The molecule has 2 nitrogen and oxygen atoms in total. The fourth-order valence-electron chi connectivity index (χ4n) is 0.803. The van der Waals surface area contributed by atoms with Gasteiger partial charge in [0.2, 0.25) is 0 Å². The van der Waals surface area contributed by atoms with Crippen molar-refractivity contribution in [3.63, 3.8) is 0 Å². The van der Waals surface area contributed by atoms with Crippen molar-refractivity contribution in [3.05, 3.63) is 21.6 Å². The number of rotatable bonds is 2. The molecule has 0 aliphatic carbocycles. The molecule has 0 fully saturated rings. The average molecular weight is 190 g/mol. The number of hydrogen-bond acceptors (Lipinski definition) is 3. The van der Waals surface area contributed by atoms with Gasteiger partial charge in [-0.3, -0.25) is 0 Å². The molecule has 1 aromatic rings. The van der Waals surface area contributed by atoms with Crippen LogP contribution in [-0.4, -0.2) is 16.8 Å². The standard InChI is InChI=1S/C8H11FO2S/c1-5-6(9)3-7(12-5)8(2,11)4-10/h3,10-11H,4H2,1-2H3. The van der Waals surface area contributed by atoms with Crippen LogP contribution >= 0.6 is 11.3 Å². The van der Waals surface area contributed by atoms with E-state index in [-0.39, 0.29) is 5.82 Å². The summed E-state index contributed by atoms with van der Waals surface area (Å²) < 4.78 is 12.8. The summed E-state index contributed by atoms with van der Waals surface area (Å²) in [5, 5.41) is 18.3. The van der Waals surface area contributed by atoms with Gasteiger partial charge in [-0.1, -0.05) is 0 Å². The fourth-order valence-corrected chi connectivity index (χ4v) is 1.74. The van der Waals surface area contributed by atoms with Gasteiger partial charge < -0.3 is 10.2 Å². The van der Waals surface area contributed by atoms with Gasteiger partial charge in [-0.25, -0.2) is 4.39 Å². The minimum Gasteiger partial charge on any atom is -0.393 e. The molecule has 0 radical (unpaired) electrons. The summed E-state index contributed by atoms with van der Waals surface area (Å²) in [6, 6.07) is 1.26. The van der Waals surface area contributed by atoms with Crippen molar-refractivity contribution < 1.29 is 14.6 Å². The lowest BCUT2D eigenvalue weighted by Crippen LogP contribution is -2.24. The zero-order valence-electron chi connectivity index (χ0n) is 6.97. The molecule has 0 saturated heterocycles. The Morgan fingerprint density at radius 3 is 2.58 bits per heavy atom. The topological polar surface area (TPSA) is 40.5 Å². The quantitative estimate of drug-likeness (QED) is 0.740. The highest BCUT2D eigenvalue weighted by Gasteiger charge is 2.25. The lowest BCUT2D eigenvalue weighted by molar-refractivity contribution is 0.000656. The van der Waals surface area contributed by atoms with Gasteiger partial charge >= 0.3 is 0 Å². The van der Waals surface area contributed by atoms with Crippen molar-refractivity contribution in [3.8, 4) is 0 Å². The highest BCUT2D eigenvalue weighted by atomic mass is 32.1. The Labute approximate surface area is 74.3 Å². The highest BCUT2D eigenvalue weighted by molar-refractivity contribution is 7.12. The molecule has 0 amide bonds. The van der Waals surface area contributed by atoms with E-state index in [1.54, 1.807) is 6.92 Å². The molecule has 4 heteroatoms. The summed E-state index contributed by atoms with van der Waals surface area (Å²) >= 11 is 1.16. The van der Waals surface area contributed by atoms with Crippen LogP contribution in [0.25, 0.3) is 0 Å². The second kappa shape index (κ2) is 3.12. The van der Waals surface area contributed by atoms with E-state index in [1.165, 1.54) is 13.0 Å². The first-order valence-electron chi connectivity index (χ1n) is 3.57. The monoisotopic (exact) mass is 190 g/mol. The van der Waals surface area contributed by atoms with E-state index in [2.05, 4.69) is 0 Å². The van der Waals surface area contributed by atoms with E-state index in [0.29, 0.717) is 9.75 Å². The Morgan fingerprint density at radius 2 is 2.25 bits per heavy atom. The first kappa shape index (κ1) is 9.64. The smallest absolute Gasteiger partial charge is 0.137 e. The molecule has 1 unspecified atom stereocenters. The van der Waals surface area contributed by atoms with E-state index in [9.17, 15) is 9.50 Å². The van der Waals surface area contributed by atoms with Crippen molar-refractivity contribution in [1.82, 2.24) is 0 Å². The second-order valence-corrected chi connectivity index (χ2v) is 4.20. The molecule has 1 atom stereocenters. The number of aryl methyl sites for hydroxylation is 1. The van der Waals surface area contributed by atoms with E-state index in [1.807, 2.05) is 0 Å². The van der Waals surface area contributed by atoms with Gasteiger partial charge in [-0.2, -0.15) is 0 Å². The largest absolute Gasteiger partial charge is 0.393 e. The average Bonchev–Trinajstić information content (AvgIpc) is 2.33. The molecule has 1 heterocycles. The first-order valence-corrected chi connectivity index (χ1v) is 4.38. The van der Waals surface area contributed by atoms with E-state index in [4.69, 9.17) is 5.11 Å². The summed E-state index contributed by atoms with van der Waals surface area (Å²) in [6.45, 7) is 2.70. The molecule has 1 aromatic heterocycles. The van der Waals surface area contributed by atoms with Crippen molar-refractivity contribution >= 4 is 11.3 Å². The second-order valence-electron chi connectivity index (χ2n) is 2.95.